The highest BCUT2D eigenvalue weighted by Gasteiger charge is 2.26. The Bertz CT molecular complexity index is 452. The molecule has 0 amide bonds. The molecular weight excluding hydrogens is 203 g/mol. The van der Waals surface area contributed by atoms with Gasteiger partial charge in [0.2, 0.25) is 0 Å². The number of alkyl halides is 1. The number of para-hydroxylation sites is 1. The van der Waals surface area contributed by atoms with Gasteiger partial charge in [-0.15, -0.1) is 0 Å². The predicted molar refractivity (Wildman–Crippen MR) is 63.0 cm³/mol. The average molecular weight is 218 g/mol. The summed E-state index contributed by atoms with van der Waals surface area (Å²) in [5.74, 6) is 0.268. The minimum absolute atomic E-state index is 0.177. The normalized spacial score (nSPS) is 17.8. The van der Waals surface area contributed by atoms with Crippen LogP contribution in [0.3, 0.4) is 0 Å². The molecule has 16 heavy (non-hydrogen) atoms. The minimum atomic E-state index is -0.177. The van der Waals surface area contributed by atoms with E-state index in [1.54, 1.807) is 0 Å². The number of benzene rings is 1. The van der Waals surface area contributed by atoms with Gasteiger partial charge in [0.05, 0.1) is 6.67 Å². The molecule has 0 atom stereocenters. The van der Waals surface area contributed by atoms with Gasteiger partial charge in [0.15, 0.2) is 0 Å². The summed E-state index contributed by atoms with van der Waals surface area (Å²) in [5, 5.41) is 1.25. The number of halogens is 1. The number of aromatic amines is 1. The molecule has 0 bridgehead atoms. The fraction of sp³-hybridized carbons (Fsp3) is 0.385. The highest BCUT2D eigenvalue weighted by Crippen LogP contribution is 2.21. The lowest BCUT2D eigenvalue weighted by atomic mass is 10.0. The molecule has 84 valence electrons. The van der Waals surface area contributed by atoms with Gasteiger partial charge in [-0.1, -0.05) is 18.2 Å². The molecule has 1 fully saturated rings. The van der Waals surface area contributed by atoms with Crippen molar-refractivity contribution in [3.05, 3.63) is 36.0 Å². The molecule has 2 nitrogen and oxygen atoms in total. The third kappa shape index (κ3) is 1.71. The summed E-state index contributed by atoms with van der Waals surface area (Å²) in [6, 6.07) is 10.4. The van der Waals surface area contributed by atoms with E-state index in [0.717, 1.165) is 19.6 Å². The smallest absolute Gasteiger partial charge is 0.0947 e. The molecule has 0 unspecified atom stereocenters. The summed E-state index contributed by atoms with van der Waals surface area (Å²) < 4.78 is 12.3. The number of aromatic nitrogens is 1. The first-order valence-corrected chi connectivity index (χ1v) is 5.70. The van der Waals surface area contributed by atoms with Crippen LogP contribution in [0.5, 0.6) is 0 Å². The lowest BCUT2D eigenvalue weighted by Crippen LogP contribution is -2.46. The molecule has 1 aromatic heterocycles. The van der Waals surface area contributed by atoms with Gasteiger partial charge >= 0.3 is 0 Å². The average Bonchev–Trinajstić information content (AvgIpc) is 2.65. The van der Waals surface area contributed by atoms with Gasteiger partial charge in [-0.05, 0) is 17.5 Å². The van der Waals surface area contributed by atoms with Crippen LogP contribution in [0.2, 0.25) is 0 Å². The van der Waals surface area contributed by atoms with Gasteiger partial charge in [-0.3, -0.25) is 9.29 Å². The third-order valence-electron chi connectivity index (χ3n) is 3.23. The summed E-state index contributed by atoms with van der Waals surface area (Å²) >= 11 is 0. The Labute approximate surface area is 94.1 Å². The van der Waals surface area contributed by atoms with E-state index in [1.807, 2.05) is 12.1 Å². The molecule has 1 aliphatic heterocycles. The van der Waals surface area contributed by atoms with Crippen LogP contribution in [-0.2, 0) is 6.54 Å². The fourth-order valence-corrected chi connectivity index (χ4v) is 2.36. The third-order valence-corrected chi connectivity index (χ3v) is 3.23. The second kappa shape index (κ2) is 3.91. The van der Waals surface area contributed by atoms with Crippen molar-refractivity contribution in [2.24, 2.45) is 5.92 Å². The van der Waals surface area contributed by atoms with E-state index >= 15 is 0 Å². The Morgan fingerprint density at radius 3 is 2.88 bits per heavy atom. The molecule has 1 N–H and O–H groups in total. The zero-order valence-electron chi connectivity index (χ0n) is 9.12. The number of nitrogens with zero attached hydrogens (tertiary/aromatic N) is 1. The maximum atomic E-state index is 12.3. The highest BCUT2D eigenvalue weighted by atomic mass is 19.1. The van der Waals surface area contributed by atoms with Crippen molar-refractivity contribution in [1.82, 2.24) is 9.88 Å². The zero-order valence-corrected chi connectivity index (χ0v) is 9.12. The number of fused-ring (bicyclic) bond motifs is 1. The molecule has 3 heteroatoms. The van der Waals surface area contributed by atoms with Crippen LogP contribution in [-0.4, -0.2) is 29.6 Å². The number of hydrogen-bond acceptors (Lipinski definition) is 1. The first-order valence-electron chi connectivity index (χ1n) is 5.70. The largest absolute Gasteiger partial charge is 0.357 e. The van der Waals surface area contributed by atoms with Crippen molar-refractivity contribution < 1.29 is 4.39 Å². The van der Waals surface area contributed by atoms with Crippen LogP contribution in [0.1, 0.15) is 5.69 Å². The van der Waals surface area contributed by atoms with Crippen molar-refractivity contribution in [3.63, 3.8) is 0 Å². The highest BCUT2D eigenvalue weighted by molar-refractivity contribution is 5.80. The zero-order chi connectivity index (χ0) is 11.0. The van der Waals surface area contributed by atoms with Crippen LogP contribution < -0.4 is 0 Å². The summed E-state index contributed by atoms with van der Waals surface area (Å²) in [6.45, 7) is 2.52. The van der Waals surface area contributed by atoms with E-state index in [9.17, 15) is 4.39 Å². The van der Waals surface area contributed by atoms with Gasteiger partial charge in [-0.2, -0.15) is 0 Å². The molecule has 0 spiro atoms. The topological polar surface area (TPSA) is 19.0 Å². The van der Waals surface area contributed by atoms with Crippen molar-refractivity contribution in [1.29, 1.82) is 0 Å². The standard InChI is InChI=1S/C13H15FN2/c14-6-10-7-16(8-10)9-12-5-11-3-1-2-4-13(11)15-12/h1-5,10,15H,6-9H2. The summed E-state index contributed by atoms with van der Waals surface area (Å²) in [4.78, 5) is 5.66. The Kier molecular flexibility index (Phi) is 2.40. The summed E-state index contributed by atoms with van der Waals surface area (Å²) in [6.07, 6.45) is 0. The van der Waals surface area contributed by atoms with E-state index in [-0.39, 0.29) is 12.6 Å². The SMILES string of the molecule is FCC1CN(Cc2cc3ccccc3[nH]2)C1. The first kappa shape index (κ1) is 9.85. The molecule has 2 aromatic rings. The molecule has 1 aromatic carbocycles. The molecule has 3 rings (SSSR count). The summed E-state index contributed by atoms with van der Waals surface area (Å²) in [5.41, 5.74) is 2.40. The summed E-state index contributed by atoms with van der Waals surface area (Å²) in [7, 11) is 0. The van der Waals surface area contributed by atoms with Crippen LogP contribution in [0.25, 0.3) is 10.9 Å². The van der Waals surface area contributed by atoms with E-state index in [1.165, 1.54) is 16.6 Å². The number of nitrogens with one attached hydrogen (secondary N) is 1. The van der Waals surface area contributed by atoms with Gasteiger partial charge in [-0.25, -0.2) is 0 Å². The van der Waals surface area contributed by atoms with E-state index in [0.29, 0.717) is 0 Å². The second-order valence-corrected chi connectivity index (χ2v) is 4.60. The van der Waals surface area contributed by atoms with Crippen molar-refractivity contribution in [2.75, 3.05) is 19.8 Å². The number of H-pyrrole nitrogens is 1. The quantitative estimate of drug-likeness (QED) is 0.839. The molecule has 1 aliphatic rings. The van der Waals surface area contributed by atoms with E-state index in [2.05, 4.69) is 28.1 Å². The minimum Gasteiger partial charge on any atom is -0.357 e. The lowest BCUT2D eigenvalue weighted by molar-refractivity contribution is 0.0728. The van der Waals surface area contributed by atoms with Crippen LogP contribution in [0.4, 0.5) is 4.39 Å². The Morgan fingerprint density at radius 1 is 1.31 bits per heavy atom. The van der Waals surface area contributed by atoms with Crippen LogP contribution in [0.15, 0.2) is 30.3 Å². The predicted octanol–water partition coefficient (Wildman–Crippen LogP) is 2.57. The molecular formula is C13H15FN2. The lowest BCUT2D eigenvalue weighted by Gasteiger charge is -2.37. The van der Waals surface area contributed by atoms with Gasteiger partial charge in [0.1, 0.15) is 0 Å². The van der Waals surface area contributed by atoms with Gasteiger partial charge in [0, 0.05) is 36.8 Å². The molecule has 2 heterocycles. The Balaban J connectivity index is 1.71. The fourth-order valence-electron chi connectivity index (χ4n) is 2.36. The Morgan fingerprint density at radius 2 is 2.12 bits per heavy atom. The van der Waals surface area contributed by atoms with Crippen LogP contribution in [0, 0.1) is 5.92 Å². The maximum Gasteiger partial charge on any atom is 0.0947 e. The first-order chi connectivity index (χ1) is 7.85. The van der Waals surface area contributed by atoms with Crippen molar-refractivity contribution in [2.45, 2.75) is 6.54 Å². The van der Waals surface area contributed by atoms with Crippen molar-refractivity contribution in [3.8, 4) is 0 Å². The van der Waals surface area contributed by atoms with E-state index in [4.69, 9.17) is 0 Å². The van der Waals surface area contributed by atoms with Crippen LogP contribution >= 0.6 is 0 Å². The molecule has 0 saturated carbocycles. The second-order valence-electron chi connectivity index (χ2n) is 4.60. The monoisotopic (exact) mass is 218 g/mol. The molecule has 1 saturated heterocycles. The maximum absolute atomic E-state index is 12.3. The van der Waals surface area contributed by atoms with Gasteiger partial charge in [0.25, 0.3) is 0 Å². The molecule has 0 aliphatic carbocycles. The number of likely N-dealkylation sites (tertiary alicyclic amines) is 1. The molecule has 0 radical (unpaired) electrons. The van der Waals surface area contributed by atoms with Crippen molar-refractivity contribution >= 4 is 10.9 Å². The Hall–Kier alpha value is -1.35. The number of rotatable bonds is 3. The van der Waals surface area contributed by atoms with E-state index < -0.39 is 0 Å². The van der Waals surface area contributed by atoms with Gasteiger partial charge < -0.3 is 4.98 Å². The number of hydrogen-bond donors (Lipinski definition) is 1.